The quantitative estimate of drug-likeness (QED) is 0.644. The molecule has 0 bridgehead atoms. The zero-order valence-electron chi connectivity index (χ0n) is 15.1. The summed E-state index contributed by atoms with van der Waals surface area (Å²) in [4.78, 5) is 49.9. The molecule has 0 aromatic heterocycles. The SMILES string of the molecule is CC1(NCc2ccc3c(c2)C(=O)N(C2CCC(=O)NC2=O)C3=O)CC(N)C1. The first-order valence-electron chi connectivity index (χ1n) is 9.12. The molecule has 0 radical (unpaired) electrons. The summed E-state index contributed by atoms with van der Waals surface area (Å²) in [6.45, 7) is 2.68. The maximum Gasteiger partial charge on any atom is 0.262 e. The molecule has 1 saturated carbocycles. The van der Waals surface area contributed by atoms with Crippen LogP contribution in [0.1, 0.15) is 58.9 Å². The van der Waals surface area contributed by atoms with Gasteiger partial charge in [0.05, 0.1) is 11.1 Å². The van der Waals surface area contributed by atoms with E-state index in [4.69, 9.17) is 5.73 Å². The van der Waals surface area contributed by atoms with Gasteiger partial charge in [0.1, 0.15) is 6.04 Å². The van der Waals surface area contributed by atoms with E-state index in [0.717, 1.165) is 23.3 Å². The molecule has 1 unspecified atom stereocenters. The minimum atomic E-state index is -0.938. The zero-order chi connectivity index (χ0) is 19.3. The largest absolute Gasteiger partial charge is 0.328 e. The number of fused-ring (bicyclic) bond motifs is 1. The lowest BCUT2D eigenvalue weighted by molar-refractivity contribution is -0.136. The van der Waals surface area contributed by atoms with E-state index in [2.05, 4.69) is 17.6 Å². The van der Waals surface area contributed by atoms with E-state index in [0.29, 0.717) is 17.7 Å². The van der Waals surface area contributed by atoms with Crippen molar-refractivity contribution in [3.63, 3.8) is 0 Å². The third-order valence-electron chi connectivity index (χ3n) is 5.65. The van der Waals surface area contributed by atoms with E-state index in [9.17, 15) is 19.2 Å². The number of carbonyl (C=O) groups excluding carboxylic acids is 4. The van der Waals surface area contributed by atoms with Crippen LogP contribution in [-0.2, 0) is 16.1 Å². The molecule has 8 nitrogen and oxygen atoms in total. The molecule has 1 aliphatic carbocycles. The number of hydrogen-bond donors (Lipinski definition) is 3. The van der Waals surface area contributed by atoms with Gasteiger partial charge in [-0.25, -0.2) is 0 Å². The number of hydrogen-bond acceptors (Lipinski definition) is 6. The van der Waals surface area contributed by atoms with Crippen molar-refractivity contribution in [1.82, 2.24) is 15.5 Å². The molecule has 8 heteroatoms. The van der Waals surface area contributed by atoms with Crippen LogP contribution in [0.3, 0.4) is 0 Å². The maximum atomic E-state index is 12.8. The predicted octanol–water partition coefficient (Wildman–Crippen LogP) is 0.0572. The van der Waals surface area contributed by atoms with Gasteiger partial charge in [-0.05, 0) is 43.9 Å². The number of nitrogens with one attached hydrogen (secondary N) is 2. The Balaban J connectivity index is 1.51. The molecule has 3 aliphatic rings. The van der Waals surface area contributed by atoms with Gasteiger partial charge in [0.15, 0.2) is 0 Å². The Bertz CT molecular complexity index is 859. The number of amides is 4. The molecule has 1 saturated heterocycles. The first-order valence-corrected chi connectivity index (χ1v) is 9.12. The van der Waals surface area contributed by atoms with Gasteiger partial charge in [-0.15, -0.1) is 0 Å². The molecular weight excluding hydrogens is 348 g/mol. The summed E-state index contributed by atoms with van der Waals surface area (Å²) < 4.78 is 0. The Hall–Kier alpha value is -2.58. The summed E-state index contributed by atoms with van der Waals surface area (Å²) in [5.41, 5.74) is 7.34. The third kappa shape index (κ3) is 3.04. The van der Waals surface area contributed by atoms with Gasteiger partial charge < -0.3 is 11.1 Å². The Kier molecular flexibility index (Phi) is 4.12. The first-order chi connectivity index (χ1) is 12.8. The molecular formula is C19H22N4O4. The minimum Gasteiger partial charge on any atom is -0.328 e. The fraction of sp³-hybridized carbons (Fsp3) is 0.474. The molecule has 27 heavy (non-hydrogen) atoms. The summed E-state index contributed by atoms with van der Waals surface area (Å²) in [7, 11) is 0. The maximum absolute atomic E-state index is 12.8. The Morgan fingerprint density at radius 3 is 2.56 bits per heavy atom. The zero-order valence-corrected chi connectivity index (χ0v) is 15.1. The monoisotopic (exact) mass is 370 g/mol. The molecule has 4 rings (SSSR count). The number of nitrogens with zero attached hydrogens (tertiary/aromatic N) is 1. The van der Waals surface area contributed by atoms with Gasteiger partial charge in [-0.1, -0.05) is 6.07 Å². The van der Waals surface area contributed by atoms with E-state index < -0.39 is 23.8 Å². The van der Waals surface area contributed by atoms with Crippen molar-refractivity contribution < 1.29 is 19.2 Å². The highest BCUT2D eigenvalue weighted by molar-refractivity contribution is 6.23. The van der Waals surface area contributed by atoms with Crippen molar-refractivity contribution in [1.29, 1.82) is 0 Å². The molecule has 142 valence electrons. The highest BCUT2D eigenvalue weighted by Crippen LogP contribution is 2.31. The van der Waals surface area contributed by atoms with Crippen LogP contribution < -0.4 is 16.4 Å². The number of carbonyl (C=O) groups is 4. The second kappa shape index (κ2) is 6.24. The van der Waals surface area contributed by atoms with Gasteiger partial charge >= 0.3 is 0 Å². The van der Waals surface area contributed by atoms with Gasteiger partial charge in [0.2, 0.25) is 11.8 Å². The number of rotatable bonds is 4. The van der Waals surface area contributed by atoms with Crippen LogP contribution in [0.25, 0.3) is 0 Å². The third-order valence-corrected chi connectivity index (χ3v) is 5.65. The van der Waals surface area contributed by atoms with Crippen LogP contribution in [0.2, 0.25) is 0 Å². The Labute approximate surface area is 156 Å². The Morgan fingerprint density at radius 1 is 1.19 bits per heavy atom. The highest BCUT2D eigenvalue weighted by Gasteiger charge is 2.44. The van der Waals surface area contributed by atoms with Gasteiger partial charge in [-0.3, -0.25) is 29.4 Å². The van der Waals surface area contributed by atoms with Crippen LogP contribution in [-0.4, -0.2) is 46.2 Å². The fourth-order valence-electron chi connectivity index (χ4n) is 4.19. The summed E-state index contributed by atoms with van der Waals surface area (Å²) in [6, 6.07) is 4.44. The van der Waals surface area contributed by atoms with Crippen molar-refractivity contribution in [2.75, 3.05) is 0 Å². The molecule has 2 heterocycles. The molecule has 1 atom stereocenters. The smallest absolute Gasteiger partial charge is 0.262 e. The number of imide groups is 2. The fourth-order valence-corrected chi connectivity index (χ4v) is 4.19. The van der Waals surface area contributed by atoms with Crippen molar-refractivity contribution in [3.05, 3.63) is 34.9 Å². The summed E-state index contributed by atoms with van der Waals surface area (Å²) in [5, 5.41) is 5.65. The van der Waals surface area contributed by atoms with Crippen LogP contribution in [0.5, 0.6) is 0 Å². The van der Waals surface area contributed by atoms with Crippen molar-refractivity contribution in [3.8, 4) is 0 Å². The van der Waals surface area contributed by atoms with Crippen molar-refractivity contribution in [2.45, 2.75) is 56.8 Å². The van der Waals surface area contributed by atoms with E-state index in [-0.39, 0.29) is 30.3 Å². The molecule has 4 amide bonds. The van der Waals surface area contributed by atoms with Crippen LogP contribution in [0, 0.1) is 0 Å². The Morgan fingerprint density at radius 2 is 1.89 bits per heavy atom. The summed E-state index contributed by atoms with van der Waals surface area (Å²) in [6.07, 6.45) is 2.07. The molecule has 2 fully saturated rings. The van der Waals surface area contributed by atoms with E-state index in [1.165, 1.54) is 0 Å². The summed E-state index contributed by atoms with van der Waals surface area (Å²) >= 11 is 0. The lowest BCUT2D eigenvalue weighted by Crippen LogP contribution is -2.57. The molecule has 0 spiro atoms. The average Bonchev–Trinajstić information content (AvgIpc) is 2.83. The molecule has 4 N–H and O–H groups in total. The second-order valence-corrected chi connectivity index (χ2v) is 7.91. The predicted molar refractivity (Wildman–Crippen MR) is 95.6 cm³/mol. The van der Waals surface area contributed by atoms with Crippen LogP contribution in [0.15, 0.2) is 18.2 Å². The van der Waals surface area contributed by atoms with Crippen molar-refractivity contribution >= 4 is 23.6 Å². The van der Waals surface area contributed by atoms with E-state index in [1.54, 1.807) is 12.1 Å². The number of piperidine rings is 1. The van der Waals surface area contributed by atoms with Gasteiger partial charge in [0, 0.05) is 24.5 Å². The molecule has 2 aliphatic heterocycles. The second-order valence-electron chi connectivity index (χ2n) is 7.91. The molecule has 1 aromatic rings. The number of benzene rings is 1. The standard InChI is InChI=1S/C19H22N4O4/c1-19(7-11(20)8-19)21-9-10-2-3-12-13(6-10)18(27)23(17(12)26)14-4-5-15(24)22-16(14)25/h2-3,6,11,14,21H,4-5,7-9,20H2,1H3,(H,22,24,25). The van der Waals surface area contributed by atoms with Gasteiger partial charge in [0.25, 0.3) is 11.8 Å². The van der Waals surface area contributed by atoms with E-state index in [1.807, 2.05) is 6.07 Å². The van der Waals surface area contributed by atoms with Crippen LogP contribution in [0.4, 0.5) is 0 Å². The van der Waals surface area contributed by atoms with Crippen LogP contribution >= 0.6 is 0 Å². The molecule has 1 aromatic carbocycles. The van der Waals surface area contributed by atoms with Gasteiger partial charge in [-0.2, -0.15) is 0 Å². The van der Waals surface area contributed by atoms with E-state index >= 15 is 0 Å². The highest BCUT2D eigenvalue weighted by atomic mass is 16.2. The topological polar surface area (TPSA) is 122 Å². The van der Waals surface area contributed by atoms with Crippen molar-refractivity contribution in [2.24, 2.45) is 5.73 Å². The minimum absolute atomic E-state index is 0.00296. The summed E-state index contributed by atoms with van der Waals surface area (Å²) in [5.74, 6) is -1.95. The number of nitrogens with two attached hydrogens (primary N) is 1. The average molecular weight is 370 g/mol. The first kappa shape index (κ1) is 17.8. The normalized spacial score (nSPS) is 30.2. The lowest BCUT2D eigenvalue weighted by atomic mass is 9.74. The lowest BCUT2D eigenvalue weighted by Gasteiger charge is -2.44.